The second-order valence-electron chi connectivity index (χ2n) is 7.65. The number of fused-ring (bicyclic) bond motifs is 1. The molecule has 0 radical (unpaired) electrons. The minimum Gasteiger partial charge on any atom is -0.494 e. The Labute approximate surface area is 184 Å². The van der Waals surface area contributed by atoms with Crippen molar-refractivity contribution in [2.24, 2.45) is 0 Å². The quantitative estimate of drug-likeness (QED) is 0.546. The van der Waals surface area contributed by atoms with E-state index in [-0.39, 0.29) is 23.7 Å². The third kappa shape index (κ3) is 3.99. The number of rotatable bonds is 7. The van der Waals surface area contributed by atoms with Crippen LogP contribution in [0.15, 0.2) is 48.5 Å². The first-order valence-electron chi connectivity index (χ1n) is 10.4. The molecule has 0 saturated carbocycles. The number of anilines is 1. The van der Waals surface area contributed by atoms with Crippen LogP contribution in [0, 0.1) is 6.92 Å². The summed E-state index contributed by atoms with van der Waals surface area (Å²) in [4.78, 5) is 36.9. The van der Waals surface area contributed by atoms with Crippen molar-refractivity contribution in [3.63, 3.8) is 0 Å². The van der Waals surface area contributed by atoms with Gasteiger partial charge in [-0.3, -0.25) is 9.59 Å². The average Bonchev–Trinajstić information content (AvgIpc) is 3.13. The highest BCUT2D eigenvalue weighted by molar-refractivity contribution is 6.08. The number of hydrogen-bond acceptors (Lipinski definition) is 5. The number of aromatic nitrogens is 2. The van der Waals surface area contributed by atoms with Gasteiger partial charge in [0, 0.05) is 17.5 Å². The zero-order chi connectivity index (χ0) is 22.8. The SMILES string of the molecule is CCCOc1ccc(C(=O)C2CC(=O)Nc3c2c(C)nn3-c2ccc(C(=O)O)cc2)cc1. The second kappa shape index (κ2) is 8.66. The number of nitrogens with zero attached hydrogens (tertiary/aromatic N) is 2. The first kappa shape index (κ1) is 21.3. The molecule has 8 heteroatoms. The van der Waals surface area contributed by atoms with Gasteiger partial charge in [0.2, 0.25) is 5.91 Å². The van der Waals surface area contributed by atoms with Gasteiger partial charge in [0.15, 0.2) is 5.78 Å². The van der Waals surface area contributed by atoms with Crippen LogP contribution in [0.2, 0.25) is 0 Å². The molecule has 1 atom stereocenters. The second-order valence-corrected chi connectivity index (χ2v) is 7.65. The fraction of sp³-hybridized carbons (Fsp3) is 0.250. The van der Waals surface area contributed by atoms with Crippen molar-refractivity contribution in [1.82, 2.24) is 9.78 Å². The number of benzene rings is 2. The van der Waals surface area contributed by atoms with Crippen LogP contribution in [0.3, 0.4) is 0 Å². The summed E-state index contributed by atoms with van der Waals surface area (Å²) in [5.41, 5.74) is 2.53. The van der Waals surface area contributed by atoms with Gasteiger partial charge < -0.3 is 15.2 Å². The molecule has 1 aromatic heterocycles. The Bertz CT molecular complexity index is 1180. The van der Waals surface area contributed by atoms with E-state index >= 15 is 0 Å². The van der Waals surface area contributed by atoms with Crippen LogP contribution < -0.4 is 10.1 Å². The molecular formula is C24H23N3O5. The molecule has 0 fully saturated rings. The Kier molecular flexibility index (Phi) is 5.77. The lowest BCUT2D eigenvalue weighted by molar-refractivity contribution is -0.116. The number of aromatic carboxylic acids is 1. The van der Waals surface area contributed by atoms with Gasteiger partial charge in [0.25, 0.3) is 0 Å². The van der Waals surface area contributed by atoms with E-state index in [0.717, 1.165) is 6.42 Å². The molecule has 3 aromatic rings. The number of ketones is 1. The highest BCUT2D eigenvalue weighted by atomic mass is 16.5. The Balaban J connectivity index is 1.68. The van der Waals surface area contributed by atoms with Gasteiger partial charge in [0.1, 0.15) is 11.6 Å². The molecule has 1 amide bonds. The van der Waals surface area contributed by atoms with Gasteiger partial charge in [0.05, 0.1) is 29.5 Å². The number of aryl methyl sites for hydroxylation is 1. The zero-order valence-corrected chi connectivity index (χ0v) is 17.8. The van der Waals surface area contributed by atoms with Crippen LogP contribution >= 0.6 is 0 Å². The Morgan fingerprint density at radius 3 is 2.41 bits per heavy atom. The zero-order valence-electron chi connectivity index (χ0n) is 17.8. The van der Waals surface area contributed by atoms with Gasteiger partial charge in [-0.25, -0.2) is 9.48 Å². The summed E-state index contributed by atoms with van der Waals surface area (Å²) < 4.78 is 7.11. The predicted octanol–water partition coefficient (Wildman–Crippen LogP) is 3.98. The monoisotopic (exact) mass is 433 g/mol. The highest BCUT2D eigenvalue weighted by Crippen LogP contribution is 2.38. The third-order valence-corrected chi connectivity index (χ3v) is 5.39. The van der Waals surface area contributed by atoms with Crippen molar-refractivity contribution in [3.05, 3.63) is 70.9 Å². The summed E-state index contributed by atoms with van der Waals surface area (Å²) in [5, 5.41) is 16.5. The van der Waals surface area contributed by atoms with Crippen molar-refractivity contribution >= 4 is 23.5 Å². The lowest BCUT2D eigenvalue weighted by Crippen LogP contribution is -2.28. The number of carboxylic acids is 1. The molecule has 1 aliphatic heterocycles. The number of ether oxygens (including phenoxy) is 1. The molecule has 8 nitrogen and oxygen atoms in total. The van der Waals surface area contributed by atoms with Crippen LogP contribution in [-0.2, 0) is 4.79 Å². The van der Waals surface area contributed by atoms with Crippen LogP contribution in [-0.4, -0.2) is 39.2 Å². The lowest BCUT2D eigenvalue weighted by Gasteiger charge is -2.23. The van der Waals surface area contributed by atoms with Gasteiger partial charge in [-0.05, 0) is 61.9 Å². The number of amides is 1. The molecule has 0 aliphatic carbocycles. The van der Waals surface area contributed by atoms with Gasteiger partial charge in [-0.1, -0.05) is 6.92 Å². The van der Waals surface area contributed by atoms with Crippen LogP contribution in [0.5, 0.6) is 5.75 Å². The summed E-state index contributed by atoms with van der Waals surface area (Å²) in [5.74, 6) is -0.995. The molecule has 4 rings (SSSR count). The molecule has 32 heavy (non-hydrogen) atoms. The molecule has 1 aliphatic rings. The van der Waals surface area contributed by atoms with E-state index < -0.39 is 11.9 Å². The van der Waals surface area contributed by atoms with E-state index in [2.05, 4.69) is 10.4 Å². The van der Waals surface area contributed by atoms with Crippen molar-refractivity contribution in [3.8, 4) is 11.4 Å². The number of hydrogen-bond donors (Lipinski definition) is 2. The fourth-order valence-corrected chi connectivity index (χ4v) is 3.84. The maximum absolute atomic E-state index is 13.3. The number of carbonyl (C=O) groups is 3. The largest absolute Gasteiger partial charge is 0.494 e. The number of nitrogens with one attached hydrogen (secondary N) is 1. The van der Waals surface area contributed by atoms with E-state index in [4.69, 9.17) is 9.84 Å². The van der Waals surface area contributed by atoms with Crippen LogP contribution in [0.4, 0.5) is 5.82 Å². The van der Waals surface area contributed by atoms with E-state index in [9.17, 15) is 14.4 Å². The number of Topliss-reactive ketones (excluding diaryl/α,β-unsaturated/α-hetero) is 1. The number of carboxylic acid groups (broad SMARTS) is 1. The summed E-state index contributed by atoms with van der Waals surface area (Å²) in [6.07, 6.45) is 0.924. The molecule has 2 aromatic carbocycles. The molecule has 0 spiro atoms. The van der Waals surface area contributed by atoms with Crippen molar-refractivity contribution in [2.75, 3.05) is 11.9 Å². The molecule has 0 bridgehead atoms. The Morgan fingerprint density at radius 1 is 1.12 bits per heavy atom. The maximum atomic E-state index is 13.3. The van der Waals surface area contributed by atoms with Crippen molar-refractivity contribution < 1.29 is 24.2 Å². The third-order valence-electron chi connectivity index (χ3n) is 5.39. The average molecular weight is 433 g/mol. The summed E-state index contributed by atoms with van der Waals surface area (Å²) >= 11 is 0. The van der Waals surface area contributed by atoms with Crippen molar-refractivity contribution in [2.45, 2.75) is 32.6 Å². The standard InChI is InChI=1S/C24H23N3O5/c1-3-12-32-18-10-6-15(7-11-18)22(29)19-13-20(28)25-23-21(19)14(2)26-27(23)17-8-4-16(5-9-17)24(30)31/h4-11,19H,3,12-13H2,1-2H3,(H,25,28)(H,30,31). The summed E-state index contributed by atoms with van der Waals surface area (Å²) in [6.45, 7) is 4.41. The fourth-order valence-electron chi connectivity index (χ4n) is 3.84. The first-order chi connectivity index (χ1) is 15.4. The smallest absolute Gasteiger partial charge is 0.335 e. The van der Waals surface area contributed by atoms with E-state index in [0.29, 0.717) is 40.7 Å². The molecule has 1 unspecified atom stereocenters. The van der Waals surface area contributed by atoms with E-state index in [1.807, 2.05) is 6.92 Å². The molecular weight excluding hydrogens is 410 g/mol. The summed E-state index contributed by atoms with van der Waals surface area (Å²) in [7, 11) is 0. The Hall–Kier alpha value is -3.94. The summed E-state index contributed by atoms with van der Waals surface area (Å²) in [6, 6.07) is 13.1. The molecule has 0 saturated heterocycles. The van der Waals surface area contributed by atoms with Gasteiger partial charge in [-0.15, -0.1) is 0 Å². The predicted molar refractivity (Wildman–Crippen MR) is 118 cm³/mol. The molecule has 164 valence electrons. The van der Waals surface area contributed by atoms with Crippen molar-refractivity contribution in [1.29, 1.82) is 0 Å². The first-order valence-corrected chi connectivity index (χ1v) is 10.4. The minimum atomic E-state index is -1.03. The topological polar surface area (TPSA) is 111 Å². The molecule has 2 N–H and O–H groups in total. The molecule has 2 heterocycles. The van der Waals surface area contributed by atoms with E-state index in [1.54, 1.807) is 43.3 Å². The lowest BCUT2D eigenvalue weighted by atomic mass is 9.85. The number of carbonyl (C=O) groups excluding carboxylic acids is 2. The van der Waals surface area contributed by atoms with Gasteiger partial charge >= 0.3 is 5.97 Å². The minimum absolute atomic E-state index is 0.0321. The van der Waals surface area contributed by atoms with E-state index in [1.165, 1.54) is 16.8 Å². The van der Waals surface area contributed by atoms with Crippen LogP contribution in [0.25, 0.3) is 5.69 Å². The van der Waals surface area contributed by atoms with Crippen LogP contribution in [0.1, 0.15) is 57.7 Å². The normalized spacial score (nSPS) is 15.1. The highest BCUT2D eigenvalue weighted by Gasteiger charge is 2.36. The maximum Gasteiger partial charge on any atom is 0.335 e. The van der Waals surface area contributed by atoms with Gasteiger partial charge in [-0.2, -0.15) is 5.10 Å². The Morgan fingerprint density at radius 2 is 1.78 bits per heavy atom.